The Bertz CT molecular complexity index is 325. The van der Waals surface area contributed by atoms with Crippen molar-refractivity contribution in [2.24, 2.45) is 0 Å². The highest BCUT2D eigenvalue weighted by atomic mass is 35.5. The number of pyridine rings is 1. The van der Waals surface area contributed by atoms with Crippen molar-refractivity contribution in [3.63, 3.8) is 0 Å². The molecule has 1 heterocycles. The number of hydrogen-bond donors (Lipinski definition) is 1. The van der Waals surface area contributed by atoms with E-state index < -0.39 is 0 Å². The van der Waals surface area contributed by atoms with Crippen molar-refractivity contribution in [3.8, 4) is 0 Å². The number of hydrogen-bond acceptors (Lipinski definition) is 3. The summed E-state index contributed by atoms with van der Waals surface area (Å²) in [6.45, 7) is 1.55. The SMILES string of the molecule is CC(=O)CCc1cc(Cl)ncc1N. The zero-order valence-corrected chi connectivity index (χ0v) is 8.14. The topological polar surface area (TPSA) is 56.0 Å². The summed E-state index contributed by atoms with van der Waals surface area (Å²) < 4.78 is 0. The lowest BCUT2D eigenvalue weighted by Gasteiger charge is -2.03. The monoisotopic (exact) mass is 198 g/mol. The Labute approximate surface area is 81.9 Å². The fourth-order valence-electron chi connectivity index (χ4n) is 1.01. The number of nitrogen functional groups attached to an aromatic ring is 1. The van der Waals surface area contributed by atoms with Crippen molar-refractivity contribution in [2.75, 3.05) is 5.73 Å². The lowest BCUT2D eigenvalue weighted by Crippen LogP contribution is -1.99. The highest BCUT2D eigenvalue weighted by Crippen LogP contribution is 2.16. The number of anilines is 1. The van der Waals surface area contributed by atoms with E-state index in [9.17, 15) is 4.79 Å². The summed E-state index contributed by atoms with van der Waals surface area (Å²) >= 11 is 5.68. The van der Waals surface area contributed by atoms with E-state index in [0.29, 0.717) is 23.7 Å². The minimum atomic E-state index is 0.146. The molecule has 70 valence electrons. The lowest BCUT2D eigenvalue weighted by atomic mass is 10.1. The van der Waals surface area contributed by atoms with E-state index in [-0.39, 0.29) is 5.78 Å². The summed E-state index contributed by atoms with van der Waals surface area (Å²) in [4.78, 5) is 14.5. The van der Waals surface area contributed by atoms with E-state index in [4.69, 9.17) is 17.3 Å². The molecule has 0 spiro atoms. The van der Waals surface area contributed by atoms with Gasteiger partial charge in [-0.05, 0) is 25.0 Å². The van der Waals surface area contributed by atoms with Crippen LogP contribution in [0.3, 0.4) is 0 Å². The molecule has 0 radical (unpaired) electrons. The predicted molar refractivity (Wildman–Crippen MR) is 52.7 cm³/mol. The fourth-order valence-corrected chi connectivity index (χ4v) is 1.19. The standard InChI is InChI=1S/C9H11ClN2O/c1-6(13)2-3-7-4-9(10)12-5-8(7)11/h4-5H,2-3,11H2,1H3. The molecule has 0 atom stereocenters. The number of aryl methyl sites for hydroxylation is 1. The number of nitrogens with zero attached hydrogens (tertiary/aromatic N) is 1. The van der Waals surface area contributed by atoms with Crippen molar-refractivity contribution in [1.29, 1.82) is 0 Å². The van der Waals surface area contributed by atoms with Crippen LogP contribution in [-0.2, 0) is 11.2 Å². The van der Waals surface area contributed by atoms with Crippen LogP contribution in [0.4, 0.5) is 5.69 Å². The Balaban J connectivity index is 2.75. The molecule has 13 heavy (non-hydrogen) atoms. The first kappa shape index (κ1) is 9.99. The van der Waals surface area contributed by atoms with Crippen LogP contribution in [0, 0.1) is 0 Å². The molecule has 0 saturated heterocycles. The second-order valence-electron chi connectivity index (χ2n) is 2.91. The molecular weight excluding hydrogens is 188 g/mol. The van der Waals surface area contributed by atoms with Gasteiger partial charge in [0.05, 0.1) is 11.9 Å². The first-order valence-corrected chi connectivity index (χ1v) is 4.36. The molecule has 1 aromatic rings. The Morgan fingerprint density at radius 2 is 2.38 bits per heavy atom. The molecule has 0 amide bonds. The van der Waals surface area contributed by atoms with Gasteiger partial charge in [0, 0.05) is 6.42 Å². The third-order valence-electron chi connectivity index (χ3n) is 1.74. The molecule has 0 fully saturated rings. The van der Waals surface area contributed by atoms with Crippen LogP contribution in [0.1, 0.15) is 18.9 Å². The first-order valence-electron chi connectivity index (χ1n) is 3.99. The molecule has 1 aromatic heterocycles. The maximum Gasteiger partial charge on any atom is 0.130 e. The van der Waals surface area contributed by atoms with Crippen molar-refractivity contribution in [2.45, 2.75) is 19.8 Å². The summed E-state index contributed by atoms with van der Waals surface area (Å²) in [6, 6.07) is 1.69. The van der Waals surface area contributed by atoms with Gasteiger partial charge in [-0.3, -0.25) is 0 Å². The highest BCUT2D eigenvalue weighted by molar-refractivity contribution is 6.29. The molecule has 0 aromatic carbocycles. The van der Waals surface area contributed by atoms with Crippen molar-refractivity contribution in [3.05, 3.63) is 23.0 Å². The van der Waals surface area contributed by atoms with Crippen LogP contribution in [0.2, 0.25) is 5.15 Å². The molecule has 0 aliphatic carbocycles. The average molecular weight is 199 g/mol. The third kappa shape index (κ3) is 3.03. The number of Topliss-reactive ketones (excluding diaryl/α,β-unsaturated/α-hetero) is 1. The molecule has 3 nitrogen and oxygen atoms in total. The molecular formula is C9H11ClN2O. The molecule has 0 aliphatic rings. The van der Waals surface area contributed by atoms with Crippen LogP contribution in [0.15, 0.2) is 12.3 Å². The second-order valence-corrected chi connectivity index (χ2v) is 3.30. The van der Waals surface area contributed by atoms with Gasteiger partial charge in [0.2, 0.25) is 0 Å². The number of halogens is 1. The van der Waals surface area contributed by atoms with Gasteiger partial charge in [0.15, 0.2) is 0 Å². The number of nitrogens with two attached hydrogens (primary N) is 1. The van der Waals surface area contributed by atoms with Crippen LogP contribution < -0.4 is 5.73 Å². The Morgan fingerprint density at radius 1 is 1.69 bits per heavy atom. The first-order chi connectivity index (χ1) is 6.09. The van der Waals surface area contributed by atoms with Crippen LogP contribution in [-0.4, -0.2) is 10.8 Å². The summed E-state index contributed by atoms with van der Waals surface area (Å²) in [7, 11) is 0. The van der Waals surface area contributed by atoms with Crippen LogP contribution in [0.5, 0.6) is 0 Å². The Kier molecular flexibility index (Phi) is 3.25. The zero-order chi connectivity index (χ0) is 9.84. The van der Waals surface area contributed by atoms with E-state index >= 15 is 0 Å². The lowest BCUT2D eigenvalue weighted by molar-refractivity contribution is -0.116. The minimum absolute atomic E-state index is 0.146. The number of aromatic nitrogens is 1. The normalized spacial score (nSPS) is 10.0. The average Bonchev–Trinajstić information content (AvgIpc) is 2.06. The summed E-state index contributed by atoms with van der Waals surface area (Å²) in [5.74, 6) is 0.146. The quantitative estimate of drug-likeness (QED) is 0.754. The summed E-state index contributed by atoms with van der Waals surface area (Å²) in [6.07, 6.45) is 2.63. The fraction of sp³-hybridized carbons (Fsp3) is 0.333. The Hall–Kier alpha value is -1.09. The number of ketones is 1. The van der Waals surface area contributed by atoms with E-state index in [1.165, 1.54) is 6.20 Å². The molecule has 0 bridgehead atoms. The summed E-state index contributed by atoms with van der Waals surface area (Å²) in [5.41, 5.74) is 7.12. The van der Waals surface area contributed by atoms with Crippen molar-refractivity contribution >= 4 is 23.1 Å². The van der Waals surface area contributed by atoms with E-state index in [2.05, 4.69) is 4.98 Å². The van der Waals surface area contributed by atoms with E-state index in [1.54, 1.807) is 13.0 Å². The van der Waals surface area contributed by atoms with Gasteiger partial charge in [0.1, 0.15) is 10.9 Å². The molecule has 1 rings (SSSR count). The maximum atomic E-state index is 10.7. The molecule has 2 N–H and O–H groups in total. The number of carbonyl (C=O) groups is 1. The highest BCUT2D eigenvalue weighted by Gasteiger charge is 2.02. The number of rotatable bonds is 3. The van der Waals surface area contributed by atoms with Crippen LogP contribution >= 0.6 is 11.6 Å². The second kappa shape index (κ2) is 4.23. The van der Waals surface area contributed by atoms with Gasteiger partial charge < -0.3 is 10.5 Å². The van der Waals surface area contributed by atoms with Gasteiger partial charge >= 0.3 is 0 Å². The molecule has 0 saturated carbocycles. The maximum absolute atomic E-state index is 10.7. The zero-order valence-electron chi connectivity index (χ0n) is 7.38. The molecule has 0 aliphatic heterocycles. The van der Waals surface area contributed by atoms with Gasteiger partial charge in [-0.1, -0.05) is 11.6 Å². The number of carbonyl (C=O) groups excluding carboxylic acids is 1. The van der Waals surface area contributed by atoms with Crippen molar-refractivity contribution in [1.82, 2.24) is 4.98 Å². The van der Waals surface area contributed by atoms with Crippen molar-refractivity contribution < 1.29 is 4.79 Å². The van der Waals surface area contributed by atoms with Gasteiger partial charge in [-0.25, -0.2) is 4.98 Å². The Morgan fingerprint density at radius 3 is 3.00 bits per heavy atom. The largest absolute Gasteiger partial charge is 0.397 e. The molecule has 0 unspecified atom stereocenters. The van der Waals surface area contributed by atoms with E-state index in [1.807, 2.05) is 0 Å². The van der Waals surface area contributed by atoms with Crippen LogP contribution in [0.25, 0.3) is 0 Å². The third-order valence-corrected chi connectivity index (χ3v) is 1.94. The molecule has 4 heteroatoms. The predicted octanol–water partition coefficient (Wildman–Crippen LogP) is 1.84. The van der Waals surface area contributed by atoms with Gasteiger partial charge in [-0.15, -0.1) is 0 Å². The van der Waals surface area contributed by atoms with Gasteiger partial charge in [0.25, 0.3) is 0 Å². The minimum Gasteiger partial charge on any atom is -0.397 e. The smallest absolute Gasteiger partial charge is 0.130 e. The van der Waals surface area contributed by atoms with E-state index in [0.717, 1.165) is 5.56 Å². The van der Waals surface area contributed by atoms with Gasteiger partial charge in [-0.2, -0.15) is 0 Å². The summed E-state index contributed by atoms with van der Waals surface area (Å²) in [5, 5.41) is 0.410.